The third-order valence-corrected chi connectivity index (χ3v) is 2.15. The van der Waals surface area contributed by atoms with Gasteiger partial charge < -0.3 is 4.79 Å². The fraction of sp³-hybridized carbons (Fsp3) is 0.900. The van der Waals surface area contributed by atoms with Gasteiger partial charge in [0.15, 0.2) is 0 Å². The van der Waals surface area contributed by atoms with Gasteiger partial charge in [-0.15, -0.1) is 0 Å². The van der Waals surface area contributed by atoms with Crippen LogP contribution in [0.4, 0.5) is 0 Å². The highest BCUT2D eigenvalue weighted by Gasteiger charge is 2.11. The molecule has 0 aliphatic heterocycles. The molecule has 0 atom stereocenters. The van der Waals surface area contributed by atoms with Gasteiger partial charge in [-0.2, -0.15) is 0 Å². The molecule has 0 bridgehead atoms. The van der Waals surface area contributed by atoms with Crippen LogP contribution in [-0.4, -0.2) is 6.29 Å². The summed E-state index contributed by atoms with van der Waals surface area (Å²) in [7, 11) is 0. The molecule has 0 aromatic carbocycles. The molecule has 1 nitrogen and oxygen atoms in total. The number of hydrogen-bond acceptors (Lipinski definition) is 1. The molecule has 0 aromatic heterocycles. The summed E-state index contributed by atoms with van der Waals surface area (Å²) in [6.45, 7) is 4.00. The van der Waals surface area contributed by atoms with Gasteiger partial charge in [-0.25, -0.2) is 0 Å². The highest BCUT2D eigenvalue weighted by atomic mass is 16.1. The van der Waals surface area contributed by atoms with E-state index in [9.17, 15) is 4.79 Å². The zero-order valence-electron chi connectivity index (χ0n) is 7.81. The van der Waals surface area contributed by atoms with Gasteiger partial charge in [0.05, 0.1) is 0 Å². The Kier molecular flexibility index (Phi) is 7.54. The number of rotatable bonds is 2. The summed E-state index contributed by atoms with van der Waals surface area (Å²) >= 11 is 0. The summed E-state index contributed by atoms with van der Waals surface area (Å²) in [5.74, 6) is 0.733. The standard InChI is InChI=1S/C8H14O.C2H6/c9-7-6-8-4-2-1-3-5-8;1-2/h7-8H,1-6H2;1-2H3. The fourth-order valence-electron chi connectivity index (χ4n) is 1.56. The topological polar surface area (TPSA) is 17.1 Å². The second kappa shape index (κ2) is 7.77. The first-order chi connectivity index (χ1) is 5.43. The molecule has 1 saturated carbocycles. The summed E-state index contributed by atoms with van der Waals surface area (Å²) in [6, 6.07) is 0. The molecule has 0 radical (unpaired) electrons. The average molecular weight is 156 g/mol. The van der Waals surface area contributed by atoms with Crippen LogP contribution in [-0.2, 0) is 4.79 Å². The Bertz CT molecular complexity index is 82.9. The first-order valence-corrected chi connectivity index (χ1v) is 4.87. The Morgan fingerprint density at radius 2 is 1.73 bits per heavy atom. The molecule has 1 aliphatic carbocycles. The van der Waals surface area contributed by atoms with Gasteiger partial charge in [0.1, 0.15) is 6.29 Å². The summed E-state index contributed by atoms with van der Waals surface area (Å²) in [5, 5.41) is 0. The summed E-state index contributed by atoms with van der Waals surface area (Å²) in [6.07, 6.45) is 8.53. The first-order valence-electron chi connectivity index (χ1n) is 4.87. The van der Waals surface area contributed by atoms with Crippen molar-refractivity contribution in [1.29, 1.82) is 0 Å². The maximum absolute atomic E-state index is 10.1. The van der Waals surface area contributed by atoms with Gasteiger partial charge in [-0.05, 0) is 5.92 Å². The summed E-state index contributed by atoms with van der Waals surface area (Å²) in [4.78, 5) is 10.1. The molecule has 0 heterocycles. The predicted molar refractivity (Wildman–Crippen MR) is 48.6 cm³/mol. The molecule has 0 unspecified atom stereocenters. The second-order valence-corrected chi connectivity index (χ2v) is 2.91. The van der Waals surface area contributed by atoms with E-state index >= 15 is 0 Å². The van der Waals surface area contributed by atoms with Gasteiger partial charge in [0.25, 0.3) is 0 Å². The molecular formula is C10H20O. The minimum absolute atomic E-state index is 0.733. The maximum atomic E-state index is 10.1. The van der Waals surface area contributed by atoms with Gasteiger partial charge in [0, 0.05) is 6.42 Å². The smallest absolute Gasteiger partial charge is 0.120 e. The van der Waals surface area contributed by atoms with E-state index < -0.39 is 0 Å². The van der Waals surface area contributed by atoms with Crippen LogP contribution in [0, 0.1) is 5.92 Å². The normalized spacial score (nSPS) is 18.4. The Hall–Kier alpha value is -0.330. The number of aldehydes is 1. The van der Waals surface area contributed by atoms with Gasteiger partial charge in [0.2, 0.25) is 0 Å². The quantitative estimate of drug-likeness (QED) is 0.561. The number of hydrogen-bond donors (Lipinski definition) is 0. The van der Waals surface area contributed by atoms with Crippen LogP contribution in [0.25, 0.3) is 0 Å². The van der Waals surface area contributed by atoms with E-state index in [-0.39, 0.29) is 0 Å². The average Bonchev–Trinajstić information content (AvgIpc) is 2.11. The Labute approximate surface area is 70.2 Å². The van der Waals surface area contributed by atoms with Crippen LogP contribution in [0.5, 0.6) is 0 Å². The van der Waals surface area contributed by atoms with Gasteiger partial charge >= 0.3 is 0 Å². The fourth-order valence-corrected chi connectivity index (χ4v) is 1.56. The van der Waals surface area contributed by atoms with Gasteiger partial charge in [-0.3, -0.25) is 0 Å². The van der Waals surface area contributed by atoms with E-state index in [1.54, 1.807) is 0 Å². The lowest BCUT2D eigenvalue weighted by molar-refractivity contribution is -0.108. The van der Waals surface area contributed by atoms with Crippen molar-refractivity contribution in [3.05, 3.63) is 0 Å². The van der Waals surface area contributed by atoms with Crippen molar-refractivity contribution in [3.63, 3.8) is 0 Å². The van der Waals surface area contributed by atoms with E-state index in [0.717, 1.165) is 18.6 Å². The largest absolute Gasteiger partial charge is 0.303 e. The zero-order valence-corrected chi connectivity index (χ0v) is 7.81. The first kappa shape index (κ1) is 10.7. The lowest BCUT2D eigenvalue weighted by atomic mass is 9.87. The SMILES string of the molecule is CC.O=CCC1CCCCC1. The highest BCUT2D eigenvalue weighted by molar-refractivity contribution is 5.49. The Balaban J connectivity index is 0.000000461. The molecule has 0 N–H and O–H groups in total. The molecule has 0 amide bonds. The van der Waals surface area contributed by atoms with E-state index in [1.807, 2.05) is 13.8 Å². The molecule has 11 heavy (non-hydrogen) atoms. The minimum atomic E-state index is 0.733. The Morgan fingerprint density at radius 3 is 2.18 bits per heavy atom. The van der Waals surface area contributed by atoms with E-state index in [4.69, 9.17) is 0 Å². The lowest BCUT2D eigenvalue weighted by Gasteiger charge is -2.18. The minimum Gasteiger partial charge on any atom is -0.303 e. The van der Waals surface area contributed by atoms with Crippen LogP contribution in [0.2, 0.25) is 0 Å². The van der Waals surface area contributed by atoms with Gasteiger partial charge in [-0.1, -0.05) is 46.0 Å². The van der Waals surface area contributed by atoms with Crippen molar-refractivity contribution in [2.45, 2.75) is 52.4 Å². The molecule has 0 saturated heterocycles. The second-order valence-electron chi connectivity index (χ2n) is 2.91. The third kappa shape index (κ3) is 5.00. The van der Waals surface area contributed by atoms with Crippen LogP contribution < -0.4 is 0 Å². The third-order valence-electron chi connectivity index (χ3n) is 2.15. The molecule has 1 rings (SSSR count). The molecule has 1 heteroatoms. The highest BCUT2D eigenvalue weighted by Crippen LogP contribution is 2.24. The van der Waals surface area contributed by atoms with Crippen LogP contribution in [0.15, 0.2) is 0 Å². The summed E-state index contributed by atoms with van der Waals surface area (Å²) in [5.41, 5.74) is 0. The number of carbonyl (C=O) groups is 1. The van der Waals surface area contributed by atoms with Crippen molar-refractivity contribution in [2.24, 2.45) is 5.92 Å². The molecule has 1 fully saturated rings. The predicted octanol–water partition coefficient (Wildman–Crippen LogP) is 3.18. The van der Waals surface area contributed by atoms with Crippen molar-refractivity contribution in [1.82, 2.24) is 0 Å². The molecular weight excluding hydrogens is 136 g/mol. The molecule has 0 spiro atoms. The molecule has 66 valence electrons. The van der Waals surface area contributed by atoms with Crippen molar-refractivity contribution in [2.75, 3.05) is 0 Å². The van der Waals surface area contributed by atoms with Crippen LogP contribution in [0.3, 0.4) is 0 Å². The lowest BCUT2D eigenvalue weighted by Crippen LogP contribution is -2.05. The van der Waals surface area contributed by atoms with Crippen molar-refractivity contribution >= 4 is 6.29 Å². The zero-order chi connectivity index (χ0) is 8.53. The molecule has 0 aromatic rings. The molecule has 1 aliphatic rings. The monoisotopic (exact) mass is 156 g/mol. The van der Waals surface area contributed by atoms with Crippen molar-refractivity contribution < 1.29 is 4.79 Å². The van der Waals surface area contributed by atoms with E-state index in [1.165, 1.54) is 32.1 Å². The van der Waals surface area contributed by atoms with Crippen molar-refractivity contribution in [3.8, 4) is 0 Å². The van der Waals surface area contributed by atoms with Crippen LogP contribution >= 0.6 is 0 Å². The van der Waals surface area contributed by atoms with E-state index in [2.05, 4.69) is 0 Å². The number of carbonyl (C=O) groups excluding carboxylic acids is 1. The summed E-state index contributed by atoms with van der Waals surface area (Å²) < 4.78 is 0. The Morgan fingerprint density at radius 1 is 1.18 bits per heavy atom. The maximum Gasteiger partial charge on any atom is 0.120 e. The van der Waals surface area contributed by atoms with Crippen LogP contribution in [0.1, 0.15) is 52.4 Å². The van der Waals surface area contributed by atoms with E-state index in [0.29, 0.717) is 0 Å².